The molecule has 0 saturated carbocycles. The van der Waals surface area contributed by atoms with Gasteiger partial charge in [-0.1, -0.05) is 24.1 Å². The van der Waals surface area contributed by atoms with Gasteiger partial charge in [0.25, 0.3) is 0 Å². The molecular formula is C15H22N2. The molecule has 3 rings (SSSR count). The summed E-state index contributed by atoms with van der Waals surface area (Å²) in [6, 6.07) is 8.94. The highest BCUT2D eigenvalue weighted by atomic mass is 15.3. The molecule has 0 bridgehead atoms. The van der Waals surface area contributed by atoms with Gasteiger partial charge >= 0.3 is 0 Å². The molecule has 92 valence electrons. The van der Waals surface area contributed by atoms with Crippen molar-refractivity contribution < 1.29 is 0 Å². The molecule has 2 heterocycles. The molecule has 0 atom stereocenters. The lowest BCUT2D eigenvalue weighted by molar-refractivity contribution is 0.0459. The van der Waals surface area contributed by atoms with Crippen molar-refractivity contribution in [1.29, 1.82) is 0 Å². The fourth-order valence-corrected chi connectivity index (χ4v) is 3.23. The van der Waals surface area contributed by atoms with E-state index >= 15 is 0 Å². The van der Waals surface area contributed by atoms with E-state index in [1.807, 2.05) is 0 Å². The summed E-state index contributed by atoms with van der Waals surface area (Å²) in [4.78, 5) is 5.10. The SMILES string of the molecule is Cc1ccc(N2CC3(CCCCN3C)C2)cc1. The third-order valence-corrected chi connectivity index (χ3v) is 4.56. The van der Waals surface area contributed by atoms with Crippen LogP contribution in [0.25, 0.3) is 0 Å². The van der Waals surface area contributed by atoms with E-state index in [9.17, 15) is 0 Å². The van der Waals surface area contributed by atoms with Gasteiger partial charge in [0.05, 0.1) is 5.54 Å². The minimum Gasteiger partial charge on any atom is -0.368 e. The Hall–Kier alpha value is -1.02. The van der Waals surface area contributed by atoms with E-state index in [4.69, 9.17) is 0 Å². The average Bonchev–Trinajstić information content (AvgIpc) is 2.29. The third-order valence-electron chi connectivity index (χ3n) is 4.56. The molecule has 2 saturated heterocycles. The van der Waals surface area contributed by atoms with Crippen LogP contribution in [-0.4, -0.2) is 37.1 Å². The Bertz CT molecular complexity index is 390. The Morgan fingerprint density at radius 2 is 1.76 bits per heavy atom. The van der Waals surface area contributed by atoms with Crippen LogP contribution in [0.3, 0.4) is 0 Å². The zero-order valence-electron chi connectivity index (χ0n) is 10.9. The molecule has 2 aliphatic rings. The van der Waals surface area contributed by atoms with Crippen LogP contribution in [0.1, 0.15) is 24.8 Å². The van der Waals surface area contributed by atoms with E-state index in [1.165, 1.54) is 50.1 Å². The Balaban J connectivity index is 1.69. The van der Waals surface area contributed by atoms with E-state index in [0.29, 0.717) is 5.54 Å². The molecule has 2 aliphatic heterocycles. The van der Waals surface area contributed by atoms with Gasteiger partial charge in [-0.3, -0.25) is 4.90 Å². The maximum Gasteiger partial charge on any atom is 0.0557 e. The number of likely N-dealkylation sites (tertiary alicyclic amines) is 1. The monoisotopic (exact) mass is 230 g/mol. The van der Waals surface area contributed by atoms with Crippen molar-refractivity contribution in [2.75, 3.05) is 31.6 Å². The van der Waals surface area contributed by atoms with Crippen LogP contribution in [-0.2, 0) is 0 Å². The van der Waals surface area contributed by atoms with Crippen LogP contribution in [0.4, 0.5) is 5.69 Å². The number of aryl methyl sites for hydroxylation is 1. The summed E-state index contributed by atoms with van der Waals surface area (Å²) < 4.78 is 0. The van der Waals surface area contributed by atoms with Crippen LogP contribution in [0, 0.1) is 6.92 Å². The van der Waals surface area contributed by atoms with Gasteiger partial charge < -0.3 is 4.90 Å². The van der Waals surface area contributed by atoms with Crippen molar-refractivity contribution in [2.45, 2.75) is 31.7 Å². The lowest BCUT2D eigenvalue weighted by atomic mass is 9.80. The molecular weight excluding hydrogens is 208 g/mol. The molecule has 2 nitrogen and oxygen atoms in total. The van der Waals surface area contributed by atoms with Crippen LogP contribution in [0.5, 0.6) is 0 Å². The van der Waals surface area contributed by atoms with E-state index < -0.39 is 0 Å². The van der Waals surface area contributed by atoms with Gasteiger partial charge in [-0.15, -0.1) is 0 Å². The first-order valence-corrected chi connectivity index (χ1v) is 6.73. The maximum atomic E-state index is 2.58. The summed E-state index contributed by atoms with van der Waals surface area (Å²) in [6.07, 6.45) is 4.17. The molecule has 17 heavy (non-hydrogen) atoms. The molecule has 1 aromatic carbocycles. The Labute approximate surface area is 104 Å². The lowest BCUT2D eigenvalue weighted by Gasteiger charge is -2.58. The van der Waals surface area contributed by atoms with Gasteiger partial charge in [-0.05, 0) is 45.5 Å². The molecule has 0 unspecified atom stereocenters. The van der Waals surface area contributed by atoms with Gasteiger partial charge in [0.2, 0.25) is 0 Å². The third kappa shape index (κ3) is 1.85. The van der Waals surface area contributed by atoms with Crippen molar-refractivity contribution in [2.24, 2.45) is 0 Å². The molecule has 0 N–H and O–H groups in total. The summed E-state index contributed by atoms with van der Waals surface area (Å²) >= 11 is 0. The highest BCUT2D eigenvalue weighted by Crippen LogP contribution is 2.37. The molecule has 2 heteroatoms. The van der Waals surface area contributed by atoms with Crippen molar-refractivity contribution in [1.82, 2.24) is 4.90 Å². The number of rotatable bonds is 1. The van der Waals surface area contributed by atoms with Crippen LogP contribution >= 0.6 is 0 Å². The van der Waals surface area contributed by atoms with Crippen molar-refractivity contribution >= 4 is 5.69 Å². The molecule has 1 spiro atoms. The largest absolute Gasteiger partial charge is 0.368 e. The zero-order valence-corrected chi connectivity index (χ0v) is 10.9. The first-order valence-electron chi connectivity index (χ1n) is 6.73. The van der Waals surface area contributed by atoms with Gasteiger partial charge in [0.1, 0.15) is 0 Å². The van der Waals surface area contributed by atoms with Crippen molar-refractivity contribution in [3.05, 3.63) is 29.8 Å². The number of benzene rings is 1. The first-order chi connectivity index (χ1) is 8.20. The molecule has 0 radical (unpaired) electrons. The Morgan fingerprint density at radius 3 is 2.41 bits per heavy atom. The standard InChI is InChI=1S/C15H22N2/c1-13-5-7-14(8-6-13)17-11-15(12-17)9-3-4-10-16(15)2/h5-8H,3-4,9-12H2,1-2H3. The van der Waals surface area contributed by atoms with Gasteiger partial charge in [-0.25, -0.2) is 0 Å². The number of hydrogen-bond donors (Lipinski definition) is 0. The molecule has 1 aromatic rings. The summed E-state index contributed by atoms with van der Waals surface area (Å²) in [7, 11) is 2.30. The summed E-state index contributed by atoms with van der Waals surface area (Å²) in [5.41, 5.74) is 3.22. The fraction of sp³-hybridized carbons (Fsp3) is 0.600. The molecule has 0 aliphatic carbocycles. The summed E-state index contributed by atoms with van der Waals surface area (Å²) in [6.45, 7) is 5.86. The minimum atomic E-state index is 0.489. The lowest BCUT2D eigenvalue weighted by Crippen LogP contribution is -2.70. The number of anilines is 1. The first kappa shape index (κ1) is 11.1. The second kappa shape index (κ2) is 4.02. The van der Waals surface area contributed by atoms with Gasteiger partial charge in [0.15, 0.2) is 0 Å². The normalized spacial score (nSPS) is 23.8. The number of piperidine rings is 1. The Morgan fingerprint density at radius 1 is 1.06 bits per heavy atom. The molecule has 2 fully saturated rings. The molecule has 0 aromatic heterocycles. The van der Waals surface area contributed by atoms with Crippen LogP contribution < -0.4 is 4.90 Å². The van der Waals surface area contributed by atoms with E-state index in [2.05, 4.69) is 48.0 Å². The van der Waals surface area contributed by atoms with Crippen LogP contribution in [0.15, 0.2) is 24.3 Å². The second-order valence-corrected chi connectivity index (χ2v) is 5.79. The number of nitrogens with zero attached hydrogens (tertiary/aromatic N) is 2. The minimum absolute atomic E-state index is 0.489. The quantitative estimate of drug-likeness (QED) is 0.732. The summed E-state index contributed by atoms with van der Waals surface area (Å²) in [5, 5.41) is 0. The predicted molar refractivity (Wildman–Crippen MR) is 72.6 cm³/mol. The highest BCUT2D eigenvalue weighted by molar-refractivity contribution is 5.51. The van der Waals surface area contributed by atoms with Crippen molar-refractivity contribution in [3.8, 4) is 0 Å². The van der Waals surface area contributed by atoms with E-state index in [1.54, 1.807) is 0 Å². The fourth-order valence-electron chi connectivity index (χ4n) is 3.23. The zero-order chi connectivity index (χ0) is 11.9. The van der Waals surface area contributed by atoms with Crippen molar-refractivity contribution in [3.63, 3.8) is 0 Å². The highest BCUT2D eigenvalue weighted by Gasteiger charge is 2.46. The van der Waals surface area contributed by atoms with E-state index in [-0.39, 0.29) is 0 Å². The summed E-state index contributed by atoms with van der Waals surface area (Å²) in [5.74, 6) is 0. The number of hydrogen-bond acceptors (Lipinski definition) is 2. The Kier molecular flexibility index (Phi) is 2.62. The topological polar surface area (TPSA) is 6.48 Å². The van der Waals surface area contributed by atoms with Gasteiger partial charge in [0, 0.05) is 18.8 Å². The average molecular weight is 230 g/mol. The maximum absolute atomic E-state index is 2.58. The smallest absolute Gasteiger partial charge is 0.0557 e. The van der Waals surface area contributed by atoms with E-state index in [0.717, 1.165) is 0 Å². The van der Waals surface area contributed by atoms with Gasteiger partial charge in [-0.2, -0.15) is 0 Å². The molecule has 0 amide bonds. The van der Waals surface area contributed by atoms with Crippen LogP contribution in [0.2, 0.25) is 0 Å². The second-order valence-electron chi connectivity index (χ2n) is 5.79. The predicted octanol–water partition coefficient (Wildman–Crippen LogP) is 2.67. The number of likely N-dealkylation sites (N-methyl/N-ethyl adjacent to an activating group) is 1.